The first-order valence-electron chi connectivity index (χ1n) is 4.81. The van der Waals surface area contributed by atoms with E-state index in [1.165, 1.54) is 0 Å². The third-order valence-corrected chi connectivity index (χ3v) is 1.93. The van der Waals surface area contributed by atoms with E-state index in [2.05, 4.69) is 21.4 Å². The Bertz CT molecular complexity index is 326. The van der Waals surface area contributed by atoms with Gasteiger partial charge in [-0.1, -0.05) is 18.0 Å². The summed E-state index contributed by atoms with van der Waals surface area (Å²) in [5.74, 6) is 3.57. The highest BCUT2D eigenvalue weighted by atomic mass is 16.5. The van der Waals surface area contributed by atoms with Crippen LogP contribution in [0.25, 0.3) is 0 Å². The van der Waals surface area contributed by atoms with Gasteiger partial charge in [0.2, 0.25) is 11.7 Å². The third-order valence-electron chi connectivity index (χ3n) is 1.93. The van der Waals surface area contributed by atoms with E-state index in [1.807, 2.05) is 6.92 Å². The van der Waals surface area contributed by atoms with Crippen LogP contribution in [-0.2, 0) is 11.3 Å². The zero-order valence-corrected chi connectivity index (χ0v) is 8.99. The molecule has 0 fully saturated rings. The third kappa shape index (κ3) is 3.35. The first-order chi connectivity index (χ1) is 7.31. The Morgan fingerprint density at radius 1 is 1.67 bits per heavy atom. The molecule has 0 aliphatic heterocycles. The standard InChI is InChI=1S/C10H15N3O2/c1-4-6-11-7-9-12-10(13-15-9)8(5-2)14-3/h1,8,11H,5-7H2,2-3H3. The fourth-order valence-corrected chi connectivity index (χ4v) is 1.17. The second-order valence-corrected chi connectivity index (χ2v) is 2.99. The Hall–Kier alpha value is -1.38. The minimum atomic E-state index is -0.102. The van der Waals surface area contributed by atoms with E-state index >= 15 is 0 Å². The molecule has 0 radical (unpaired) electrons. The van der Waals surface area contributed by atoms with Crippen molar-refractivity contribution in [1.29, 1.82) is 0 Å². The van der Waals surface area contributed by atoms with Gasteiger partial charge in [0, 0.05) is 7.11 Å². The summed E-state index contributed by atoms with van der Waals surface area (Å²) in [5.41, 5.74) is 0. The molecule has 0 amide bonds. The van der Waals surface area contributed by atoms with Crippen molar-refractivity contribution in [3.63, 3.8) is 0 Å². The van der Waals surface area contributed by atoms with Gasteiger partial charge in [-0.3, -0.25) is 5.32 Å². The Balaban J connectivity index is 2.52. The van der Waals surface area contributed by atoms with E-state index in [9.17, 15) is 0 Å². The number of ether oxygens (including phenoxy) is 1. The number of aromatic nitrogens is 2. The molecule has 0 bridgehead atoms. The molecule has 1 atom stereocenters. The summed E-state index contributed by atoms with van der Waals surface area (Å²) in [6, 6.07) is 0. The monoisotopic (exact) mass is 209 g/mol. The van der Waals surface area contributed by atoms with Crippen LogP contribution in [0, 0.1) is 12.3 Å². The van der Waals surface area contributed by atoms with Crippen LogP contribution >= 0.6 is 0 Å². The first-order valence-corrected chi connectivity index (χ1v) is 4.81. The smallest absolute Gasteiger partial charge is 0.240 e. The van der Waals surface area contributed by atoms with Gasteiger partial charge in [-0.05, 0) is 6.42 Å². The molecule has 0 aromatic carbocycles. The average Bonchev–Trinajstić information content (AvgIpc) is 2.69. The highest BCUT2D eigenvalue weighted by molar-refractivity contribution is 4.92. The topological polar surface area (TPSA) is 60.2 Å². The minimum absolute atomic E-state index is 0.102. The van der Waals surface area contributed by atoms with Crippen LogP contribution in [-0.4, -0.2) is 23.8 Å². The number of methoxy groups -OCH3 is 1. The molecule has 1 rings (SSSR count). The maximum Gasteiger partial charge on any atom is 0.240 e. The van der Waals surface area contributed by atoms with Gasteiger partial charge in [-0.25, -0.2) is 0 Å². The number of terminal acetylenes is 1. The molecule has 1 unspecified atom stereocenters. The Morgan fingerprint density at radius 2 is 2.47 bits per heavy atom. The normalized spacial score (nSPS) is 12.3. The molecule has 0 aliphatic carbocycles. The average molecular weight is 209 g/mol. The maximum absolute atomic E-state index is 5.19. The van der Waals surface area contributed by atoms with Gasteiger partial charge in [0.15, 0.2) is 0 Å². The van der Waals surface area contributed by atoms with Crippen molar-refractivity contribution in [3.05, 3.63) is 11.7 Å². The highest BCUT2D eigenvalue weighted by Crippen LogP contribution is 2.16. The van der Waals surface area contributed by atoms with Gasteiger partial charge in [0.25, 0.3) is 0 Å². The molecule has 82 valence electrons. The number of nitrogens with zero attached hydrogens (tertiary/aromatic N) is 2. The molecule has 1 aromatic rings. The van der Waals surface area contributed by atoms with E-state index in [4.69, 9.17) is 15.7 Å². The molecule has 0 saturated carbocycles. The molecular weight excluding hydrogens is 194 g/mol. The summed E-state index contributed by atoms with van der Waals surface area (Å²) in [4.78, 5) is 4.19. The highest BCUT2D eigenvalue weighted by Gasteiger charge is 2.15. The SMILES string of the molecule is C#CCNCc1nc(C(CC)OC)no1. The molecule has 1 heterocycles. The van der Waals surface area contributed by atoms with Crippen LogP contribution in [0.2, 0.25) is 0 Å². The molecule has 15 heavy (non-hydrogen) atoms. The second kappa shape index (κ2) is 6.17. The molecule has 1 N–H and O–H groups in total. The number of nitrogens with one attached hydrogen (secondary N) is 1. The Kier molecular flexibility index (Phi) is 4.81. The predicted octanol–water partition coefficient (Wildman–Crippen LogP) is 0.890. The first kappa shape index (κ1) is 11.7. The quantitative estimate of drug-likeness (QED) is 0.557. The van der Waals surface area contributed by atoms with Crippen molar-refractivity contribution in [2.45, 2.75) is 26.0 Å². The number of rotatable bonds is 6. The van der Waals surface area contributed by atoms with E-state index in [0.717, 1.165) is 6.42 Å². The lowest BCUT2D eigenvalue weighted by Gasteiger charge is -2.05. The van der Waals surface area contributed by atoms with Crippen LogP contribution in [0.4, 0.5) is 0 Å². The summed E-state index contributed by atoms with van der Waals surface area (Å²) in [6.07, 6.45) is 5.80. The zero-order valence-electron chi connectivity index (χ0n) is 8.99. The van der Waals surface area contributed by atoms with Gasteiger partial charge < -0.3 is 9.26 Å². The van der Waals surface area contributed by atoms with Gasteiger partial charge in [0.1, 0.15) is 6.10 Å². The van der Waals surface area contributed by atoms with Gasteiger partial charge in [-0.2, -0.15) is 4.98 Å². The molecule has 1 aromatic heterocycles. The molecule has 5 nitrogen and oxygen atoms in total. The minimum Gasteiger partial charge on any atom is -0.373 e. The van der Waals surface area contributed by atoms with Crippen molar-refractivity contribution in [1.82, 2.24) is 15.5 Å². The zero-order chi connectivity index (χ0) is 11.1. The van der Waals surface area contributed by atoms with Crippen LogP contribution < -0.4 is 5.32 Å². The summed E-state index contributed by atoms with van der Waals surface area (Å²) >= 11 is 0. The van der Waals surface area contributed by atoms with Gasteiger partial charge >= 0.3 is 0 Å². The second-order valence-electron chi connectivity index (χ2n) is 2.99. The molecule has 5 heteroatoms. The van der Waals surface area contributed by atoms with E-state index in [-0.39, 0.29) is 6.10 Å². The van der Waals surface area contributed by atoms with Crippen LogP contribution in [0.15, 0.2) is 4.52 Å². The fraction of sp³-hybridized carbons (Fsp3) is 0.600. The van der Waals surface area contributed by atoms with Crippen molar-refractivity contribution in [2.24, 2.45) is 0 Å². The van der Waals surface area contributed by atoms with Crippen molar-refractivity contribution >= 4 is 0 Å². The van der Waals surface area contributed by atoms with Crippen LogP contribution in [0.5, 0.6) is 0 Å². The lowest BCUT2D eigenvalue weighted by atomic mass is 10.3. The summed E-state index contributed by atoms with van der Waals surface area (Å²) < 4.78 is 10.2. The molecule has 0 spiro atoms. The van der Waals surface area contributed by atoms with Crippen molar-refractivity contribution in [2.75, 3.05) is 13.7 Å². The van der Waals surface area contributed by atoms with Gasteiger partial charge in [0.05, 0.1) is 13.1 Å². The van der Waals surface area contributed by atoms with Crippen LogP contribution in [0.1, 0.15) is 31.2 Å². The lowest BCUT2D eigenvalue weighted by molar-refractivity contribution is 0.0903. The van der Waals surface area contributed by atoms with Gasteiger partial charge in [-0.15, -0.1) is 6.42 Å². The summed E-state index contributed by atoms with van der Waals surface area (Å²) in [5, 5.41) is 6.80. The number of hydrogen-bond donors (Lipinski definition) is 1. The van der Waals surface area contributed by atoms with E-state index in [0.29, 0.717) is 24.8 Å². The largest absolute Gasteiger partial charge is 0.373 e. The summed E-state index contributed by atoms with van der Waals surface area (Å²) in [6.45, 7) is 2.97. The van der Waals surface area contributed by atoms with E-state index < -0.39 is 0 Å². The number of hydrogen-bond acceptors (Lipinski definition) is 5. The molecule has 0 saturated heterocycles. The maximum atomic E-state index is 5.19. The van der Waals surface area contributed by atoms with Crippen LogP contribution in [0.3, 0.4) is 0 Å². The van der Waals surface area contributed by atoms with E-state index in [1.54, 1.807) is 7.11 Å². The summed E-state index contributed by atoms with van der Waals surface area (Å²) in [7, 11) is 1.63. The fourth-order valence-electron chi connectivity index (χ4n) is 1.17. The molecule has 0 aliphatic rings. The molecular formula is C10H15N3O2. The predicted molar refractivity (Wildman–Crippen MR) is 54.9 cm³/mol. The Morgan fingerprint density at radius 3 is 3.07 bits per heavy atom. The van der Waals surface area contributed by atoms with Crippen molar-refractivity contribution in [3.8, 4) is 12.3 Å². The van der Waals surface area contributed by atoms with Crippen molar-refractivity contribution < 1.29 is 9.26 Å². The Labute approximate surface area is 89.2 Å². The lowest BCUT2D eigenvalue weighted by Crippen LogP contribution is -2.13.